The SMILES string of the molecule is CCl.CCl.Cc1cc2ccccc2[cH-]1.[Zr]. The van der Waals surface area contributed by atoms with E-state index in [1.165, 1.54) is 29.1 Å². The Kier molecular flexibility index (Phi) is 12.7. The molecule has 0 aromatic heterocycles. The molecule has 2 aromatic rings. The normalized spacial score (nSPS) is 7.80. The van der Waals surface area contributed by atoms with Crippen LogP contribution in [0.1, 0.15) is 5.56 Å². The molecule has 82 valence electrons. The van der Waals surface area contributed by atoms with Gasteiger partial charge in [0.25, 0.3) is 0 Å². The minimum Gasteiger partial charge on any atom is -0.165 e. The molecule has 0 nitrogen and oxygen atoms in total. The summed E-state index contributed by atoms with van der Waals surface area (Å²) >= 11 is 9.28. The van der Waals surface area contributed by atoms with E-state index in [1.54, 1.807) is 0 Å². The number of benzene rings is 1. The van der Waals surface area contributed by atoms with Gasteiger partial charge in [-0.25, -0.2) is 0 Å². The molecule has 0 heterocycles. The predicted molar refractivity (Wildman–Crippen MR) is 67.8 cm³/mol. The summed E-state index contributed by atoms with van der Waals surface area (Å²) in [6.45, 7) is 2.12. The molecule has 0 radical (unpaired) electrons. The molecule has 2 aromatic carbocycles. The molecule has 2 rings (SSSR count). The third-order valence-electron chi connectivity index (χ3n) is 1.76. The van der Waals surface area contributed by atoms with Gasteiger partial charge in [0.05, 0.1) is 0 Å². The largest absolute Gasteiger partial charge is 0.165 e. The van der Waals surface area contributed by atoms with Gasteiger partial charge in [0.2, 0.25) is 0 Å². The fourth-order valence-electron chi connectivity index (χ4n) is 1.31. The summed E-state index contributed by atoms with van der Waals surface area (Å²) in [5.74, 6) is 0. The van der Waals surface area contributed by atoms with Crippen molar-refractivity contribution in [1.82, 2.24) is 0 Å². The maximum atomic E-state index is 4.64. The van der Waals surface area contributed by atoms with Crippen LogP contribution in [0.2, 0.25) is 0 Å². The Morgan fingerprint density at radius 1 is 1.00 bits per heavy atom. The van der Waals surface area contributed by atoms with E-state index >= 15 is 0 Å². The third-order valence-corrected chi connectivity index (χ3v) is 1.76. The Balaban J connectivity index is 0. The van der Waals surface area contributed by atoms with Gasteiger partial charge in [-0.1, -0.05) is 13.0 Å². The van der Waals surface area contributed by atoms with E-state index in [0.29, 0.717) is 0 Å². The Morgan fingerprint density at radius 2 is 1.53 bits per heavy atom. The van der Waals surface area contributed by atoms with Crippen molar-refractivity contribution in [1.29, 1.82) is 0 Å². The van der Waals surface area contributed by atoms with Gasteiger partial charge in [-0.05, 0) is 0 Å². The molecule has 0 N–H and O–H groups in total. The van der Waals surface area contributed by atoms with Gasteiger partial charge in [0.1, 0.15) is 0 Å². The van der Waals surface area contributed by atoms with E-state index in [2.05, 4.69) is 66.5 Å². The van der Waals surface area contributed by atoms with E-state index in [-0.39, 0.29) is 26.2 Å². The summed E-state index contributed by atoms with van der Waals surface area (Å²) in [4.78, 5) is 0. The van der Waals surface area contributed by atoms with Crippen LogP contribution in [0.4, 0.5) is 0 Å². The topological polar surface area (TPSA) is 0 Å². The number of halogens is 2. The standard InChI is InChI=1S/C10H9.2CH3Cl.Zr/c1-8-6-9-4-2-3-5-10(9)7-8;2*1-2;/h2-7H,1H3;2*1H3;/q-1;;;. The maximum Gasteiger partial charge on any atom is 0.0108 e. The number of alkyl halides is 2. The van der Waals surface area contributed by atoms with E-state index in [4.69, 9.17) is 0 Å². The second kappa shape index (κ2) is 10.8. The average molecular weight is 321 g/mol. The molecule has 0 bridgehead atoms. The van der Waals surface area contributed by atoms with Crippen LogP contribution in [0.3, 0.4) is 0 Å². The zero-order chi connectivity index (χ0) is 11.0. The van der Waals surface area contributed by atoms with Crippen LogP contribution in [-0.4, -0.2) is 12.8 Å². The molecule has 0 aliphatic heterocycles. The Hall–Kier alpha value is 0.293. The summed E-state index contributed by atoms with van der Waals surface area (Å²) in [5.41, 5.74) is 1.35. The number of aryl methyl sites for hydroxylation is 1. The van der Waals surface area contributed by atoms with Gasteiger partial charge in [-0.2, -0.15) is 6.07 Å². The van der Waals surface area contributed by atoms with Crippen LogP contribution in [0, 0.1) is 6.92 Å². The number of hydrogen-bond acceptors (Lipinski definition) is 0. The molecule has 0 spiro atoms. The monoisotopic (exact) mass is 319 g/mol. The molecular weight excluding hydrogens is 306 g/mol. The van der Waals surface area contributed by atoms with Crippen LogP contribution in [0.5, 0.6) is 0 Å². The Morgan fingerprint density at radius 3 is 2.07 bits per heavy atom. The molecule has 0 fully saturated rings. The first kappa shape index (κ1) is 17.7. The van der Waals surface area contributed by atoms with E-state index in [1.807, 2.05) is 0 Å². The number of fused-ring (bicyclic) bond motifs is 1. The third kappa shape index (κ3) is 5.80. The number of hydrogen-bond donors (Lipinski definition) is 0. The fourth-order valence-corrected chi connectivity index (χ4v) is 1.31. The van der Waals surface area contributed by atoms with Crippen LogP contribution < -0.4 is 0 Å². The van der Waals surface area contributed by atoms with Crippen molar-refractivity contribution in [3.63, 3.8) is 0 Å². The summed E-state index contributed by atoms with van der Waals surface area (Å²) in [6, 6.07) is 12.8. The van der Waals surface area contributed by atoms with Crippen molar-refractivity contribution < 1.29 is 26.2 Å². The average Bonchev–Trinajstić information content (AvgIpc) is 2.64. The van der Waals surface area contributed by atoms with E-state index < -0.39 is 0 Å². The molecule has 0 unspecified atom stereocenters. The van der Waals surface area contributed by atoms with Gasteiger partial charge in [-0.15, -0.1) is 63.8 Å². The smallest absolute Gasteiger partial charge is 0.0108 e. The van der Waals surface area contributed by atoms with Crippen molar-refractivity contribution in [2.24, 2.45) is 0 Å². The molecule has 0 aliphatic carbocycles. The molecule has 3 heteroatoms. The van der Waals surface area contributed by atoms with E-state index in [9.17, 15) is 0 Å². The van der Waals surface area contributed by atoms with Gasteiger partial charge in [-0.3, -0.25) is 0 Å². The van der Waals surface area contributed by atoms with Crippen LogP contribution in [0.25, 0.3) is 10.8 Å². The first-order valence-corrected chi connectivity index (χ1v) is 5.75. The van der Waals surface area contributed by atoms with E-state index in [0.717, 1.165) is 0 Å². The molecule has 0 saturated carbocycles. The summed E-state index contributed by atoms with van der Waals surface area (Å²) in [7, 11) is 0. The zero-order valence-electron chi connectivity index (χ0n) is 9.22. The van der Waals surface area contributed by atoms with Crippen molar-refractivity contribution in [2.45, 2.75) is 6.92 Å². The summed E-state index contributed by atoms with van der Waals surface area (Å²) < 4.78 is 0. The molecule has 0 amide bonds. The summed E-state index contributed by atoms with van der Waals surface area (Å²) in [5, 5.41) is 2.69. The van der Waals surface area contributed by atoms with Crippen LogP contribution in [-0.2, 0) is 26.2 Å². The van der Waals surface area contributed by atoms with Crippen molar-refractivity contribution in [3.8, 4) is 0 Å². The van der Waals surface area contributed by atoms with Crippen molar-refractivity contribution in [2.75, 3.05) is 12.8 Å². The predicted octanol–water partition coefficient (Wildman–Crippen LogP) is 4.57. The Labute approximate surface area is 121 Å². The molecule has 0 saturated heterocycles. The van der Waals surface area contributed by atoms with Gasteiger partial charge in [0.15, 0.2) is 0 Å². The van der Waals surface area contributed by atoms with Gasteiger partial charge in [0, 0.05) is 39.0 Å². The first-order chi connectivity index (χ1) is 6.86. The maximum absolute atomic E-state index is 4.64. The molecule has 0 atom stereocenters. The minimum atomic E-state index is 0. The molecular formula is C12H15Cl2Zr-. The quantitative estimate of drug-likeness (QED) is 0.492. The second-order valence-electron chi connectivity index (χ2n) is 2.66. The zero-order valence-corrected chi connectivity index (χ0v) is 13.2. The fraction of sp³-hybridized carbons (Fsp3) is 0.250. The first-order valence-electron chi connectivity index (χ1n) is 4.24. The molecule has 0 aliphatic rings. The van der Waals surface area contributed by atoms with Crippen molar-refractivity contribution in [3.05, 3.63) is 42.0 Å². The summed E-state index contributed by atoms with van der Waals surface area (Å²) in [6.07, 6.45) is 2.94. The van der Waals surface area contributed by atoms with Crippen molar-refractivity contribution >= 4 is 34.0 Å². The Bertz CT molecular complexity index is 322. The van der Waals surface area contributed by atoms with Crippen LogP contribution in [0.15, 0.2) is 36.4 Å². The second-order valence-corrected chi connectivity index (χ2v) is 2.66. The van der Waals surface area contributed by atoms with Gasteiger partial charge < -0.3 is 0 Å². The minimum absolute atomic E-state index is 0. The molecule has 15 heavy (non-hydrogen) atoms. The van der Waals surface area contributed by atoms with Gasteiger partial charge >= 0.3 is 0 Å². The van der Waals surface area contributed by atoms with Crippen LogP contribution >= 0.6 is 23.2 Å². The number of rotatable bonds is 0.